The second-order valence-electron chi connectivity index (χ2n) is 5.37. The van der Waals surface area contributed by atoms with Gasteiger partial charge >= 0.3 is 0 Å². The van der Waals surface area contributed by atoms with Gasteiger partial charge in [0.05, 0.1) is 11.4 Å². The zero-order valence-electron chi connectivity index (χ0n) is 12.8. The van der Waals surface area contributed by atoms with Crippen LogP contribution >= 0.6 is 11.8 Å². The highest BCUT2D eigenvalue weighted by atomic mass is 32.2. The van der Waals surface area contributed by atoms with Gasteiger partial charge in [-0.05, 0) is 25.0 Å². The highest BCUT2D eigenvalue weighted by molar-refractivity contribution is 7.99. The van der Waals surface area contributed by atoms with E-state index < -0.39 is 11.6 Å². The lowest BCUT2D eigenvalue weighted by molar-refractivity contribution is -0.113. The van der Waals surface area contributed by atoms with Crippen LogP contribution in [0, 0.1) is 11.6 Å². The molecule has 1 fully saturated rings. The van der Waals surface area contributed by atoms with Crippen LogP contribution < -0.4 is 10.2 Å². The third kappa shape index (κ3) is 4.19. The van der Waals surface area contributed by atoms with Gasteiger partial charge in [0, 0.05) is 25.2 Å². The Balaban J connectivity index is 1.57. The molecule has 0 unspecified atom stereocenters. The molecule has 1 aromatic carbocycles. The molecule has 1 N–H and O–H groups in total. The summed E-state index contributed by atoms with van der Waals surface area (Å²) in [6, 6.07) is 4.87. The van der Waals surface area contributed by atoms with Gasteiger partial charge in [-0.3, -0.25) is 4.79 Å². The summed E-state index contributed by atoms with van der Waals surface area (Å²) in [7, 11) is 0. The van der Waals surface area contributed by atoms with Crippen LogP contribution in [0.5, 0.6) is 0 Å². The molecule has 0 radical (unpaired) electrons. The minimum atomic E-state index is -0.799. The van der Waals surface area contributed by atoms with E-state index in [4.69, 9.17) is 0 Å². The van der Waals surface area contributed by atoms with Crippen molar-refractivity contribution in [3.05, 3.63) is 42.2 Å². The van der Waals surface area contributed by atoms with Crippen molar-refractivity contribution in [2.45, 2.75) is 17.9 Å². The van der Waals surface area contributed by atoms with Crippen molar-refractivity contribution in [3.63, 3.8) is 0 Å². The molecule has 0 atom stereocenters. The molecule has 8 heteroatoms. The number of thioether (sulfide) groups is 1. The molecular weight excluding hydrogens is 334 g/mol. The van der Waals surface area contributed by atoms with Gasteiger partial charge in [0.1, 0.15) is 28.8 Å². The van der Waals surface area contributed by atoms with E-state index in [-0.39, 0.29) is 17.3 Å². The van der Waals surface area contributed by atoms with Crippen LogP contribution in [0.3, 0.4) is 0 Å². The number of halogens is 2. The first-order valence-electron chi connectivity index (χ1n) is 7.56. The Morgan fingerprint density at radius 1 is 1.21 bits per heavy atom. The second kappa shape index (κ2) is 7.57. The van der Waals surface area contributed by atoms with Crippen molar-refractivity contribution < 1.29 is 13.6 Å². The molecule has 1 aromatic heterocycles. The van der Waals surface area contributed by atoms with Crippen molar-refractivity contribution in [2.75, 3.05) is 29.1 Å². The lowest BCUT2D eigenvalue weighted by Gasteiger charge is -2.16. The predicted molar refractivity (Wildman–Crippen MR) is 89.2 cm³/mol. The summed E-state index contributed by atoms with van der Waals surface area (Å²) < 4.78 is 26.4. The molecule has 0 spiro atoms. The number of rotatable bonds is 5. The molecule has 24 heavy (non-hydrogen) atoms. The fourth-order valence-corrected chi connectivity index (χ4v) is 3.11. The average Bonchev–Trinajstić information content (AvgIpc) is 3.10. The maximum atomic E-state index is 13.5. The molecule has 1 saturated heterocycles. The largest absolute Gasteiger partial charge is 0.356 e. The van der Waals surface area contributed by atoms with Crippen molar-refractivity contribution in [1.29, 1.82) is 0 Å². The molecular formula is C16H16F2N4OS. The van der Waals surface area contributed by atoms with Crippen molar-refractivity contribution in [2.24, 2.45) is 0 Å². The number of nitrogens with zero attached hydrogens (tertiary/aromatic N) is 3. The van der Waals surface area contributed by atoms with E-state index in [1.807, 2.05) is 6.07 Å². The van der Waals surface area contributed by atoms with Crippen LogP contribution in [-0.4, -0.2) is 34.7 Å². The van der Waals surface area contributed by atoms with Gasteiger partial charge in [-0.1, -0.05) is 11.8 Å². The van der Waals surface area contributed by atoms with Gasteiger partial charge in [0.25, 0.3) is 0 Å². The minimum Gasteiger partial charge on any atom is -0.356 e. The summed E-state index contributed by atoms with van der Waals surface area (Å²) >= 11 is 1.24. The van der Waals surface area contributed by atoms with Crippen molar-refractivity contribution >= 4 is 29.2 Å². The SMILES string of the molecule is O=C(CSc1cc(N2CCCC2)ncn1)Nc1ccc(F)cc1F. The van der Waals surface area contributed by atoms with Gasteiger partial charge in [0.2, 0.25) is 5.91 Å². The number of carbonyl (C=O) groups is 1. The van der Waals surface area contributed by atoms with E-state index in [1.165, 1.54) is 24.2 Å². The Labute approximate surface area is 142 Å². The smallest absolute Gasteiger partial charge is 0.234 e. The summed E-state index contributed by atoms with van der Waals surface area (Å²) in [5.41, 5.74) is -0.0394. The van der Waals surface area contributed by atoms with Gasteiger partial charge in [-0.2, -0.15) is 0 Å². The van der Waals surface area contributed by atoms with Crippen LogP contribution in [0.25, 0.3) is 0 Å². The first-order chi connectivity index (χ1) is 11.6. The van der Waals surface area contributed by atoms with Gasteiger partial charge in [-0.15, -0.1) is 0 Å². The van der Waals surface area contributed by atoms with E-state index >= 15 is 0 Å². The molecule has 5 nitrogen and oxygen atoms in total. The van der Waals surface area contributed by atoms with E-state index in [2.05, 4.69) is 20.2 Å². The van der Waals surface area contributed by atoms with Crippen LogP contribution in [0.15, 0.2) is 35.6 Å². The number of hydrogen-bond acceptors (Lipinski definition) is 5. The highest BCUT2D eigenvalue weighted by Crippen LogP contribution is 2.23. The number of benzene rings is 1. The molecule has 3 rings (SSSR count). The number of aromatic nitrogens is 2. The maximum absolute atomic E-state index is 13.5. The van der Waals surface area contributed by atoms with Crippen molar-refractivity contribution in [1.82, 2.24) is 9.97 Å². The van der Waals surface area contributed by atoms with E-state index in [0.717, 1.165) is 43.9 Å². The number of hydrogen-bond donors (Lipinski definition) is 1. The maximum Gasteiger partial charge on any atom is 0.234 e. The summed E-state index contributed by atoms with van der Waals surface area (Å²) in [5, 5.41) is 3.10. The molecule has 0 aliphatic carbocycles. The van der Waals surface area contributed by atoms with Crippen LogP contribution in [0.1, 0.15) is 12.8 Å². The number of carbonyl (C=O) groups excluding carboxylic acids is 1. The zero-order chi connectivity index (χ0) is 16.9. The number of nitrogens with one attached hydrogen (secondary N) is 1. The summed E-state index contributed by atoms with van der Waals surface area (Å²) in [6.45, 7) is 1.96. The van der Waals surface area contributed by atoms with E-state index in [1.54, 1.807) is 0 Å². The lowest BCUT2D eigenvalue weighted by Crippen LogP contribution is -2.19. The molecule has 2 aromatic rings. The van der Waals surface area contributed by atoms with Crippen LogP contribution in [0.2, 0.25) is 0 Å². The first kappa shape index (κ1) is 16.6. The Bertz CT molecular complexity index is 738. The van der Waals surface area contributed by atoms with Gasteiger partial charge in [0.15, 0.2) is 0 Å². The van der Waals surface area contributed by atoms with Gasteiger partial charge < -0.3 is 10.2 Å². The lowest BCUT2D eigenvalue weighted by atomic mass is 10.3. The topological polar surface area (TPSA) is 58.1 Å². The standard InChI is InChI=1S/C16H16F2N4OS/c17-11-3-4-13(12(18)7-11)21-15(23)9-24-16-8-14(19-10-20-16)22-5-1-2-6-22/h3-4,7-8,10H,1-2,5-6,9H2,(H,21,23). The number of amides is 1. The Kier molecular flexibility index (Phi) is 5.24. The molecule has 126 valence electrons. The highest BCUT2D eigenvalue weighted by Gasteiger charge is 2.15. The molecule has 0 saturated carbocycles. The zero-order valence-corrected chi connectivity index (χ0v) is 13.7. The third-order valence-electron chi connectivity index (χ3n) is 3.61. The monoisotopic (exact) mass is 350 g/mol. The van der Waals surface area contributed by atoms with E-state index in [9.17, 15) is 13.6 Å². The summed E-state index contributed by atoms with van der Waals surface area (Å²) in [4.78, 5) is 22.5. The molecule has 1 amide bonds. The third-order valence-corrected chi connectivity index (χ3v) is 4.54. The van der Waals surface area contributed by atoms with Gasteiger partial charge in [-0.25, -0.2) is 18.7 Å². The molecule has 2 heterocycles. The Morgan fingerprint density at radius 2 is 2.00 bits per heavy atom. The summed E-state index contributed by atoms with van der Waals surface area (Å²) in [5.74, 6) is -0.934. The predicted octanol–water partition coefficient (Wildman–Crippen LogP) is 3.09. The number of anilines is 2. The minimum absolute atomic E-state index is 0.0394. The molecule has 1 aliphatic rings. The Hall–Kier alpha value is -2.22. The van der Waals surface area contributed by atoms with Crippen molar-refractivity contribution in [3.8, 4) is 0 Å². The fourth-order valence-electron chi connectivity index (χ4n) is 2.44. The van der Waals surface area contributed by atoms with Crippen LogP contribution in [-0.2, 0) is 4.79 Å². The van der Waals surface area contributed by atoms with E-state index in [0.29, 0.717) is 5.03 Å². The van der Waals surface area contributed by atoms with Crippen LogP contribution in [0.4, 0.5) is 20.3 Å². The quantitative estimate of drug-likeness (QED) is 0.663. The average molecular weight is 350 g/mol. The Morgan fingerprint density at radius 3 is 2.75 bits per heavy atom. The fraction of sp³-hybridized carbons (Fsp3) is 0.312. The second-order valence-corrected chi connectivity index (χ2v) is 6.37. The molecule has 0 bridgehead atoms. The normalized spacial score (nSPS) is 14.0. The molecule has 1 aliphatic heterocycles. The first-order valence-corrected chi connectivity index (χ1v) is 8.55. The summed E-state index contributed by atoms with van der Waals surface area (Å²) in [6.07, 6.45) is 3.78.